The maximum atomic E-state index is 14.9. The highest BCUT2D eigenvalue weighted by molar-refractivity contribution is 6.17. The van der Waals surface area contributed by atoms with E-state index >= 15 is 0 Å². The van der Waals surface area contributed by atoms with Crippen molar-refractivity contribution in [1.29, 1.82) is 0 Å². The first-order valence-corrected chi connectivity index (χ1v) is 13.7. The number of hydrogen-bond donors (Lipinski definition) is 1. The van der Waals surface area contributed by atoms with Gasteiger partial charge < -0.3 is 24.4 Å². The average molecular weight is 551 g/mol. The first kappa shape index (κ1) is 25.4. The molecule has 0 aromatic heterocycles. The Balaban J connectivity index is 1.51. The molecule has 3 aromatic carbocycles. The number of hydrogen-bond acceptors (Lipinski definition) is 7. The summed E-state index contributed by atoms with van der Waals surface area (Å²) >= 11 is 0. The molecule has 1 saturated heterocycles. The molecule has 0 bridgehead atoms. The van der Waals surface area contributed by atoms with Gasteiger partial charge in [0.25, 0.3) is 0 Å². The molecular weight excluding hydrogens is 520 g/mol. The summed E-state index contributed by atoms with van der Waals surface area (Å²) in [6.07, 6.45) is 3.92. The van der Waals surface area contributed by atoms with Gasteiger partial charge in [0, 0.05) is 27.9 Å². The molecule has 1 N–H and O–H groups in total. The zero-order chi connectivity index (χ0) is 28.7. The van der Waals surface area contributed by atoms with Gasteiger partial charge in [-0.15, -0.1) is 0 Å². The number of benzene rings is 3. The van der Waals surface area contributed by atoms with Crippen LogP contribution in [0.2, 0.25) is 0 Å². The van der Waals surface area contributed by atoms with Gasteiger partial charge in [-0.05, 0) is 48.0 Å². The lowest BCUT2D eigenvalue weighted by Gasteiger charge is -2.38. The summed E-state index contributed by atoms with van der Waals surface area (Å²) in [5.41, 5.74) is 1.20. The highest BCUT2D eigenvalue weighted by Crippen LogP contribution is 2.58. The number of rotatable bonds is 4. The Bertz CT molecular complexity index is 1670. The molecule has 0 unspecified atom stereocenters. The maximum Gasteiger partial charge on any atom is 0.238 e. The van der Waals surface area contributed by atoms with Crippen LogP contribution in [0, 0.1) is 11.3 Å². The quantitative estimate of drug-likeness (QED) is 0.457. The van der Waals surface area contributed by atoms with Crippen molar-refractivity contribution in [2.45, 2.75) is 38.3 Å². The van der Waals surface area contributed by atoms with Crippen LogP contribution >= 0.6 is 0 Å². The Kier molecular flexibility index (Phi) is 5.39. The van der Waals surface area contributed by atoms with Crippen molar-refractivity contribution in [3.8, 4) is 17.2 Å². The molecule has 0 radical (unpaired) electrons. The Morgan fingerprint density at radius 3 is 2.59 bits per heavy atom. The van der Waals surface area contributed by atoms with Gasteiger partial charge in [-0.25, -0.2) is 0 Å². The minimum atomic E-state index is -1.36. The van der Waals surface area contributed by atoms with Crippen LogP contribution < -0.4 is 24.4 Å². The standard InChI is InChI=1S/C33H30N2O6/c1-32(2,3)30(37)28-27(29(36)19-9-13-24-25(16-19)41-17-40-24)33(21-7-5-6-8-22(21)34-31(33)38)26-14-10-18-15-20(39-4)11-12-23(18)35(26)28/h5-16,26-28H,17H2,1-4H3,(H,34,38)/t26-,27+,28+,33-/m1/s1. The van der Waals surface area contributed by atoms with Gasteiger partial charge in [0.05, 0.1) is 19.1 Å². The third kappa shape index (κ3) is 3.43. The van der Waals surface area contributed by atoms with E-state index in [-0.39, 0.29) is 24.3 Å². The van der Waals surface area contributed by atoms with E-state index in [2.05, 4.69) is 5.32 Å². The summed E-state index contributed by atoms with van der Waals surface area (Å²) in [5.74, 6) is -0.0376. The third-order valence-electron chi connectivity index (χ3n) is 8.79. The van der Waals surface area contributed by atoms with Gasteiger partial charge >= 0.3 is 0 Å². The van der Waals surface area contributed by atoms with Crippen LogP contribution in [0.1, 0.15) is 42.3 Å². The van der Waals surface area contributed by atoms with Crippen molar-refractivity contribution in [2.75, 3.05) is 24.1 Å². The van der Waals surface area contributed by atoms with Crippen LogP contribution in [0.4, 0.5) is 11.4 Å². The first-order valence-electron chi connectivity index (χ1n) is 13.7. The summed E-state index contributed by atoms with van der Waals surface area (Å²) in [6.45, 7) is 5.64. The fourth-order valence-corrected chi connectivity index (χ4v) is 6.96. The topological polar surface area (TPSA) is 94.2 Å². The maximum absolute atomic E-state index is 14.9. The number of anilines is 2. The molecule has 0 aliphatic carbocycles. The average Bonchev–Trinajstić information content (AvgIpc) is 3.64. The zero-order valence-corrected chi connectivity index (χ0v) is 23.3. The lowest BCUT2D eigenvalue weighted by molar-refractivity contribution is -0.128. The molecule has 4 heterocycles. The molecule has 8 nitrogen and oxygen atoms in total. The van der Waals surface area contributed by atoms with E-state index < -0.39 is 28.8 Å². The van der Waals surface area contributed by atoms with Gasteiger partial charge in [0.1, 0.15) is 17.2 Å². The van der Waals surface area contributed by atoms with E-state index in [9.17, 15) is 14.4 Å². The van der Waals surface area contributed by atoms with Gasteiger partial charge in [-0.3, -0.25) is 14.4 Å². The molecule has 4 atom stereocenters. The zero-order valence-electron chi connectivity index (χ0n) is 23.3. The number of ketones is 2. The van der Waals surface area contributed by atoms with Crippen LogP contribution in [0.25, 0.3) is 6.08 Å². The number of nitrogens with zero attached hydrogens (tertiary/aromatic N) is 1. The molecule has 41 heavy (non-hydrogen) atoms. The molecule has 1 amide bonds. The third-order valence-corrected chi connectivity index (χ3v) is 8.79. The molecule has 1 spiro atoms. The molecule has 4 aliphatic heterocycles. The minimum Gasteiger partial charge on any atom is -0.497 e. The second-order valence-corrected chi connectivity index (χ2v) is 12.0. The number of nitrogens with one attached hydrogen (secondary N) is 1. The van der Waals surface area contributed by atoms with Gasteiger partial charge in [0.15, 0.2) is 23.1 Å². The number of carbonyl (C=O) groups excluding carboxylic acids is 3. The second-order valence-electron chi connectivity index (χ2n) is 12.0. The van der Waals surface area contributed by atoms with Crippen LogP contribution in [0.3, 0.4) is 0 Å². The summed E-state index contributed by atoms with van der Waals surface area (Å²) in [5, 5.41) is 3.05. The summed E-state index contributed by atoms with van der Waals surface area (Å²) < 4.78 is 16.5. The molecule has 8 heteroatoms. The van der Waals surface area contributed by atoms with Gasteiger partial charge in [-0.1, -0.05) is 51.1 Å². The number of ether oxygens (including phenoxy) is 3. The molecule has 3 aromatic rings. The molecule has 1 fully saturated rings. The van der Waals surface area contributed by atoms with Crippen molar-refractivity contribution in [3.63, 3.8) is 0 Å². The number of amides is 1. The van der Waals surface area contributed by atoms with E-state index in [0.717, 1.165) is 11.3 Å². The fraction of sp³-hybridized carbons (Fsp3) is 0.303. The van der Waals surface area contributed by atoms with Gasteiger partial charge in [0.2, 0.25) is 12.7 Å². The molecular formula is C33H30N2O6. The molecule has 208 valence electrons. The smallest absolute Gasteiger partial charge is 0.238 e. The number of carbonyl (C=O) groups is 3. The number of Topliss-reactive ketones (excluding diaryl/α,β-unsaturated/α-hetero) is 2. The Morgan fingerprint density at radius 1 is 1.02 bits per heavy atom. The van der Waals surface area contributed by atoms with E-state index in [1.807, 2.05) is 80.3 Å². The van der Waals surface area contributed by atoms with E-state index in [1.54, 1.807) is 25.3 Å². The largest absolute Gasteiger partial charge is 0.497 e. The molecule has 4 aliphatic rings. The van der Waals surface area contributed by atoms with E-state index in [1.165, 1.54) is 0 Å². The van der Waals surface area contributed by atoms with Gasteiger partial charge in [-0.2, -0.15) is 0 Å². The number of methoxy groups -OCH3 is 1. The van der Waals surface area contributed by atoms with Crippen LogP contribution in [0.5, 0.6) is 17.2 Å². The van der Waals surface area contributed by atoms with Crippen molar-refractivity contribution in [2.24, 2.45) is 11.3 Å². The van der Waals surface area contributed by atoms with Crippen molar-refractivity contribution in [1.82, 2.24) is 0 Å². The number of fused-ring (bicyclic) bond motifs is 7. The second kappa shape index (κ2) is 8.70. The Labute approximate surface area is 237 Å². The summed E-state index contributed by atoms with van der Waals surface area (Å²) in [6, 6.07) is 16.7. The van der Waals surface area contributed by atoms with Crippen molar-refractivity contribution >= 4 is 34.9 Å². The Hall–Kier alpha value is -4.59. The number of para-hydroxylation sites is 1. The SMILES string of the molecule is COc1ccc2c(c1)C=C[C@H]1N2[C@H](C(=O)C(C)(C)C)[C@@H](C(=O)c2ccc3c(c2)OCO3)[C@]12C(=O)Nc1ccccc12. The highest BCUT2D eigenvalue weighted by Gasteiger charge is 2.70. The molecule has 0 saturated carbocycles. The highest BCUT2D eigenvalue weighted by atomic mass is 16.7. The van der Waals surface area contributed by atoms with E-state index in [0.29, 0.717) is 34.1 Å². The predicted molar refractivity (Wildman–Crippen MR) is 154 cm³/mol. The fourth-order valence-electron chi connectivity index (χ4n) is 6.96. The monoisotopic (exact) mass is 550 g/mol. The normalized spacial score (nSPS) is 25.0. The minimum absolute atomic E-state index is 0.0716. The van der Waals surface area contributed by atoms with E-state index in [4.69, 9.17) is 14.2 Å². The Morgan fingerprint density at radius 2 is 1.80 bits per heavy atom. The van der Waals surface area contributed by atoms with Crippen molar-refractivity contribution in [3.05, 3.63) is 83.4 Å². The molecule has 7 rings (SSSR count). The summed E-state index contributed by atoms with van der Waals surface area (Å²) in [4.78, 5) is 45.8. The lowest BCUT2D eigenvalue weighted by Crippen LogP contribution is -2.51. The van der Waals surface area contributed by atoms with Crippen LogP contribution in [0.15, 0.2) is 66.7 Å². The summed E-state index contributed by atoms with van der Waals surface area (Å²) in [7, 11) is 1.60. The lowest BCUT2D eigenvalue weighted by atomic mass is 9.63. The van der Waals surface area contributed by atoms with Crippen LogP contribution in [-0.4, -0.2) is 43.5 Å². The van der Waals surface area contributed by atoms with Crippen LogP contribution in [-0.2, 0) is 15.0 Å². The van der Waals surface area contributed by atoms with Crippen molar-refractivity contribution < 1.29 is 28.6 Å². The first-order chi connectivity index (χ1) is 19.7. The predicted octanol–water partition coefficient (Wildman–Crippen LogP) is 5.01.